The third kappa shape index (κ3) is 6.20. The van der Waals surface area contributed by atoms with E-state index < -0.39 is 4.92 Å². The molecule has 0 fully saturated rings. The monoisotopic (exact) mass is 355 g/mol. The van der Waals surface area contributed by atoms with E-state index in [1.807, 2.05) is 12.1 Å². The fourth-order valence-corrected chi connectivity index (χ4v) is 2.64. The maximum absolute atomic E-state index is 10.9. The second-order valence-electron chi connectivity index (χ2n) is 6.19. The number of hydrogen-bond donors (Lipinski definition) is 2. The van der Waals surface area contributed by atoms with Crippen LogP contribution in [0.2, 0.25) is 0 Å². The summed E-state index contributed by atoms with van der Waals surface area (Å²) in [6, 6.07) is 13.2. The molecule has 2 aromatic rings. The number of non-ortho nitro benzene ring substituents is 1. The van der Waals surface area contributed by atoms with Crippen molar-refractivity contribution in [2.45, 2.75) is 45.4 Å². The largest absolute Gasteiger partial charge is 0.508 e. The van der Waals surface area contributed by atoms with Gasteiger partial charge in [0.05, 0.1) is 16.3 Å². The number of nitro benzene ring substituents is 1. The van der Waals surface area contributed by atoms with Gasteiger partial charge in [-0.1, -0.05) is 38.7 Å². The quantitative estimate of drug-likeness (QED) is 0.256. The molecular weight excluding hydrogens is 330 g/mol. The first-order chi connectivity index (χ1) is 12.6. The van der Waals surface area contributed by atoms with Crippen molar-refractivity contribution in [1.82, 2.24) is 0 Å². The van der Waals surface area contributed by atoms with E-state index in [0.717, 1.165) is 30.5 Å². The highest BCUT2D eigenvalue weighted by Gasteiger charge is 2.07. The van der Waals surface area contributed by atoms with Gasteiger partial charge < -0.3 is 5.11 Å². The summed E-state index contributed by atoms with van der Waals surface area (Å²) in [4.78, 5) is 10.5. The number of aromatic hydroxyl groups is 1. The van der Waals surface area contributed by atoms with Gasteiger partial charge in [0.2, 0.25) is 0 Å². The van der Waals surface area contributed by atoms with Crippen molar-refractivity contribution in [3.63, 3.8) is 0 Å². The van der Waals surface area contributed by atoms with Crippen LogP contribution in [0.4, 0.5) is 11.4 Å². The minimum absolute atomic E-state index is 0.0240. The van der Waals surface area contributed by atoms with Crippen LogP contribution >= 0.6 is 0 Å². The third-order valence-corrected chi connectivity index (χ3v) is 4.09. The lowest BCUT2D eigenvalue weighted by Gasteiger charge is -2.09. The van der Waals surface area contributed by atoms with Gasteiger partial charge in [-0.15, -0.1) is 0 Å². The summed E-state index contributed by atoms with van der Waals surface area (Å²) < 4.78 is 0. The predicted molar refractivity (Wildman–Crippen MR) is 105 cm³/mol. The van der Waals surface area contributed by atoms with E-state index in [9.17, 15) is 15.2 Å². The molecule has 0 unspecified atom stereocenters. The highest BCUT2D eigenvalue weighted by Crippen LogP contribution is 2.19. The van der Waals surface area contributed by atoms with E-state index in [-0.39, 0.29) is 11.4 Å². The topological polar surface area (TPSA) is 87.8 Å². The van der Waals surface area contributed by atoms with Crippen molar-refractivity contribution >= 4 is 17.1 Å². The Balaban J connectivity index is 2.11. The minimum atomic E-state index is -0.427. The third-order valence-electron chi connectivity index (χ3n) is 4.09. The molecule has 0 amide bonds. The van der Waals surface area contributed by atoms with Crippen LogP contribution in [0, 0.1) is 10.1 Å². The lowest BCUT2D eigenvalue weighted by Crippen LogP contribution is -2.05. The van der Waals surface area contributed by atoms with Gasteiger partial charge in [-0.2, -0.15) is 5.10 Å². The summed E-state index contributed by atoms with van der Waals surface area (Å²) in [5.74, 6) is 0.211. The first kappa shape index (κ1) is 19.4. The number of nitrogens with zero attached hydrogens (tertiary/aromatic N) is 2. The van der Waals surface area contributed by atoms with Crippen LogP contribution in [-0.2, 0) is 0 Å². The van der Waals surface area contributed by atoms with Crippen LogP contribution in [0.1, 0.15) is 51.0 Å². The molecule has 0 saturated carbocycles. The first-order valence-corrected chi connectivity index (χ1v) is 8.96. The average molecular weight is 355 g/mol. The Kier molecular flexibility index (Phi) is 7.61. The van der Waals surface area contributed by atoms with Crippen LogP contribution in [0.15, 0.2) is 53.6 Å². The average Bonchev–Trinajstić information content (AvgIpc) is 2.65. The lowest BCUT2D eigenvalue weighted by molar-refractivity contribution is -0.384. The maximum atomic E-state index is 10.9. The molecule has 0 bridgehead atoms. The number of nitro groups is 1. The zero-order valence-electron chi connectivity index (χ0n) is 15.0. The van der Waals surface area contributed by atoms with E-state index in [2.05, 4.69) is 17.5 Å². The molecule has 0 saturated heterocycles. The van der Waals surface area contributed by atoms with Crippen LogP contribution in [0.3, 0.4) is 0 Å². The summed E-state index contributed by atoms with van der Waals surface area (Å²) in [7, 11) is 0. The molecule has 0 spiro atoms. The molecule has 6 nitrogen and oxygen atoms in total. The summed E-state index contributed by atoms with van der Waals surface area (Å²) >= 11 is 0. The molecule has 0 atom stereocenters. The zero-order chi connectivity index (χ0) is 18.8. The Labute approximate surface area is 153 Å². The number of phenols is 1. The molecule has 0 heterocycles. The molecular formula is C20H25N3O3. The van der Waals surface area contributed by atoms with Crippen molar-refractivity contribution in [3.05, 3.63) is 64.2 Å². The number of rotatable bonds is 10. The minimum Gasteiger partial charge on any atom is -0.508 e. The molecule has 0 aromatic heterocycles. The van der Waals surface area contributed by atoms with Crippen LogP contribution in [0.25, 0.3) is 0 Å². The predicted octanol–water partition coefficient (Wildman–Crippen LogP) is 5.48. The van der Waals surface area contributed by atoms with Gasteiger partial charge in [-0.25, -0.2) is 0 Å². The number of benzene rings is 2. The van der Waals surface area contributed by atoms with Gasteiger partial charge >= 0.3 is 0 Å². The Morgan fingerprint density at radius 2 is 1.85 bits per heavy atom. The number of phenolic OH excluding ortho intramolecular Hbond substituents is 1. The number of hydrogen-bond acceptors (Lipinski definition) is 5. The number of unbranched alkanes of at least 4 members (excludes halogenated alkanes) is 4. The zero-order valence-corrected chi connectivity index (χ0v) is 15.0. The van der Waals surface area contributed by atoms with Gasteiger partial charge in [-0.05, 0) is 48.7 Å². The molecule has 0 aliphatic heterocycles. The molecule has 0 radical (unpaired) electrons. The summed E-state index contributed by atoms with van der Waals surface area (Å²) in [5, 5.41) is 24.8. The molecule has 0 aliphatic carbocycles. The van der Waals surface area contributed by atoms with Crippen LogP contribution < -0.4 is 5.43 Å². The van der Waals surface area contributed by atoms with E-state index in [1.165, 1.54) is 31.4 Å². The Bertz CT molecular complexity index is 742. The number of hydrazone groups is 1. The second kappa shape index (κ2) is 10.2. The standard InChI is InChI=1S/C20H25N3O3/c1-2-3-4-5-6-10-20(16-11-13-19(24)14-12-16)22-21-17-8-7-9-18(15-17)23(25)26/h7-9,11-15,21,24H,2-6,10H2,1H3/b22-20-. The Hall–Kier alpha value is -2.89. The molecule has 2 N–H and O–H groups in total. The Morgan fingerprint density at radius 1 is 1.12 bits per heavy atom. The number of anilines is 1. The van der Waals surface area contributed by atoms with E-state index in [0.29, 0.717) is 5.69 Å². The van der Waals surface area contributed by atoms with Crippen molar-refractivity contribution in [3.8, 4) is 5.75 Å². The molecule has 26 heavy (non-hydrogen) atoms. The summed E-state index contributed by atoms with van der Waals surface area (Å²) in [6.45, 7) is 2.19. The highest BCUT2D eigenvalue weighted by molar-refractivity contribution is 6.01. The first-order valence-electron chi connectivity index (χ1n) is 8.96. The molecule has 0 aliphatic rings. The normalized spacial score (nSPS) is 11.3. The van der Waals surface area contributed by atoms with Crippen molar-refractivity contribution < 1.29 is 10.0 Å². The SMILES string of the molecule is CCCCCCC/C(=N/Nc1cccc([N+](=O)[O-])c1)c1ccc(O)cc1. The Morgan fingerprint density at radius 3 is 2.54 bits per heavy atom. The van der Waals surface area contributed by atoms with Crippen LogP contribution in [0.5, 0.6) is 5.75 Å². The van der Waals surface area contributed by atoms with Gasteiger partial charge in [-0.3, -0.25) is 15.5 Å². The van der Waals surface area contributed by atoms with Gasteiger partial charge in [0.1, 0.15) is 5.75 Å². The van der Waals surface area contributed by atoms with Gasteiger partial charge in [0.25, 0.3) is 5.69 Å². The smallest absolute Gasteiger partial charge is 0.271 e. The fourth-order valence-electron chi connectivity index (χ4n) is 2.64. The summed E-state index contributed by atoms with van der Waals surface area (Å²) in [6.07, 6.45) is 6.61. The van der Waals surface area contributed by atoms with Crippen LogP contribution in [-0.4, -0.2) is 15.7 Å². The second-order valence-corrected chi connectivity index (χ2v) is 6.19. The lowest BCUT2D eigenvalue weighted by atomic mass is 10.0. The fraction of sp³-hybridized carbons (Fsp3) is 0.350. The van der Waals surface area contributed by atoms with E-state index in [4.69, 9.17) is 0 Å². The van der Waals surface area contributed by atoms with Crippen molar-refractivity contribution in [1.29, 1.82) is 0 Å². The maximum Gasteiger partial charge on any atom is 0.271 e. The summed E-state index contributed by atoms with van der Waals surface area (Å²) in [5.41, 5.74) is 5.32. The molecule has 138 valence electrons. The molecule has 6 heteroatoms. The molecule has 2 aromatic carbocycles. The van der Waals surface area contributed by atoms with Gasteiger partial charge in [0.15, 0.2) is 0 Å². The van der Waals surface area contributed by atoms with Gasteiger partial charge in [0, 0.05) is 12.1 Å². The number of nitrogens with one attached hydrogen (secondary N) is 1. The van der Waals surface area contributed by atoms with E-state index >= 15 is 0 Å². The molecule has 2 rings (SSSR count). The van der Waals surface area contributed by atoms with Crippen molar-refractivity contribution in [2.75, 3.05) is 5.43 Å². The van der Waals surface area contributed by atoms with Crippen molar-refractivity contribution in [2.24, 2.45) is 5.10 Å². The highest BCUT2D eigenvalue weighted by atomic mass is 16.6. The van der Waals surface area contributed by atoms with E-state index in [1.54, 1.807) is 24.3 Å².